The first-order chi connectivity index (χ1) is 9.56. The lowest BCUT2D eigenvalue weighted by molar-refractivity contribution is 0.242. The number of unbranched alkanes of at least 4 members (excludes halogenated alkanes) is 1. The van der Waals surface area contributed by atoms with Gasteiger partial charge >= 0.3 is 0 Å². The molecule has 2 atom stereocenters. The standard InChI is InChI=1S/C18H31NO/c1-6-8-11-17(7-2)19-15(5)16-10-9-12-18(13-16)20-14(3)4/h9-10,12-15,17,19H,6-8,11H2,1-5H3. The molecule has 0 heterocycles. The van der Waals surface area contributed by atoms with Gasteiger partial charge < -0.3 is 10.1 Å². The fraction of sp³-hybridized carbons (Fsp3) is 0.667. The van der Waals surface area contributed by atoms with Crippen molar-refractivity contribution in [1.29, 1.82) is 0 Å². The van der Waals surface area contributed by atoms with E-state index in [0.717, 1.165) is 5.75 Å². The molecule has 0 aromatic heterocycles. The Bertz CT molecular complexity index is 375. The maximum Gasteiger partial charge on any atom is 0.120 e. The van der Waals surface area contributed by atoms with Crippen molar-refractivity contribution in [3.8, 4) is 5.75 Å². The first-order valence-corrected chi connectivity index (χ1v) is 8.09. The van der Waals surface area contributed by atoms with Gasteiger partial charge in [-0.05, 0) is 51.3 Å². The molecule has 0 radical (unpaired) electrons. The van der Waals surface area contributed by atoms with Crippen molar-refractivity contribution in [1.82, 2.24) is 5.32 Å². The number of benzene rings is 1. The molecule has 2 heteroatoms. The molecule has 0 aliphatic rings. The predicted octanol–water partition coefficient (Wildman–Crippen LogP) is 5.09. The van der Waals surface area contributed by atoms with E-state index in [1.807, 2.05) is 6.07 Å². The number of rotatable bonds is 9. The van der Waals surface area contributed by atoms with E-state index in [1.54, 1.807) is 0 Å². The highest BCUT2D eigenvalue weighted by Gasteiger charge is 2.12. The summed E-state index contributed by atoms with van der Waals surface area (Å²) in [6.45, 7) is 10.9. The van der Waals surface area contributed by atoms with Gasteiger partial charge in [0.25, 0.3) is 0 Å². The van der Waals surface area contributed by atoms with Gasteiger partial charge in [0.15, 0.2) is 0 Å². The van der Waals surface area contributed by atoms with Crippen LogP contribution in [0.15, 0.2) is 24.3 Å². The highest BCUT2D eigenvalue weighted by Crippen LogP contribution is 2.21. The minimum Gasteiger partial charge on any atom is -0.491 e. The largest absolute Gasteiger partial charge is 0.491 e. The molecule has 0 saturated carbocycles. The Balaban J connectivity index is 2.63. The molecule has 2 unspecified atom stereocenters. The van der Waals surface area contributed by atoms with Crippen molar-refractivity contribution in [3.63, 3.8) is 0 Å². The molecule has 1 aromatic rings. The van der Waals surface area contributed by atoms with Crippen molar-refractivity contribution >= 4 is 0 Å². The summed E-state index contributed by atoms with van der Waals surface area (Å²) in [4.78, 5) is 0. The van der Waals surface area contributed by atoms with Crippen LogP contribution in [0.4, 0.5) is 0 Å². The molecular formula is C18H31NO. The summed E-state index contributed by atoms with van der Waals surface area (Å²) in [5, 5.41) is 3.74. The molecule has 0 bridgehead atoms. The van der Waals surface area contributed by atoms with Crippen molar-refractivity contribution in [3.05, 3.63) is 29.8 Å². The molecule has 20 heavy (non-hydrogen) atoms. The van der Waals surface area contributed by atoms with Crippen LogP contribution in [0.3, 0.4) is 0 Å². The van der Waals surface area contributed by atoms with Gasteiger partial charge in [0.2, 0.25) is 0 Å². The van der Waals surface area contributed by atoms with Gasteiger partial charge in [0.05, 0.1) is 6.10 Å². The minimum atomic E-state index is 0.224. The summed E-state index contributed by atoms with van der Waals surface area (Å²) in [5.41, 5.74) is 1.30. The number of nitrogens with one attached hydrogen (secondary N) is 1. The summed E-state index contributed by atoms with van der Waals surface area (Å²) in [7, 11) is 0. The van der Waals surface area contributed by atoms with Gasteiger partial charge in [-0.1, -0.05) is 38.8 Å². The zero-order valence-electron chi connectivity index (χ0n) is 13.8. The molecule has 2 nitrogen and oxygen atoms in total. The minimum absolute atomic E-state index is 0.224. The van der Waals surface area contributed by atoms with Gasteiger partial charge in [0, 0.05) is 12.1 Å². The molecular weight excluding hydrogens is 246 g/mol. The second-order valence-electron chi connectivity index (χ2n) is 5.87. The van der Waals surface area contributed by atoms with Crippen LogP contribution in [-0.2, 0) is 0 Å². The SMILES string of the molecule is CCCCC(CC)NC(C)c1cccc(OC(C)C)c1. The van der Waals surface area contributed by atoms with Gasteiger partial charge in [-0.25, -0.2) is 0 Å². The topological polar surface area (TPSA) is 21.3 Å². The van der Waals surface area contributed by atoms with Gasteiger partial charge in [-0.15, -0.1) is 0 Å². The van der Waals surface area contributed by atoms with Crippen molar-refractivity contribution in [2.75, 3.05) is 0 Å². The van der Waals surface area contributed by atoms with Crippen LogP contribution in [0.5, 0.6) is 5.75 Å². The van der Waals surface area contributed by atoms with E-state index in [9.17, 15) is 0 Å². The monoisotopic (exact) mass is 277 g/mol. The van der Waals surface area contributed by atoms with E-state index in [1.165, 1.54) is 31.2 Å². The van der Waals surface area contributed by atoms with Crippen LogP contribution in [-0.4, -0.2) is 12.1 Å². The van der Waals surface area contributed by atoms with Gasteiger partial charge in [-0.3, -0.25) is 0 Å². The zero-order chi connectivity index (χ0) is 15.0. The van der Waals surface area contributed by atoms with Crippen LogP contribution >= 0.6 is 0 Å². The third-order valence-electron chi connectivity index (χ3n) is 3.61. The van der Waals surface area contributed by atoms with Crippen molar-refractivity contribution in [2.45, 2.75) is 78.5 Å². The fourth-order valence-corrected chi connectivity index (χ4v) is 2.43. The maximum absolute atomic E-state index is 5.77. The quantitative estimate of drug-likeness (QED) is 0.678. The van der Waals surface area contributed by atoms with Crippen LogP contribution in [0.25, 0.3) is 0 Å². The first-order valence-electron chi connectivity index (χ1n) is 8.09. The third-order valence-corrected chi connectivity index (χ3v) is 3.61. The van der Waals surface area contributed by atoms with Crippen LogP contribution in [0, 0.1) is 0 Å². The normalized spacial score (nSPS) is 14.3. The Morgan fingerprint density at radius 1 is 1.15 bits per heavy atom. The summed E-state index contributed by atoms with van der Waals surface area (Å²) in [6.07, 6.45) is 5.24. The Morgan fingerprint density at radius 3 is 2.50 bits per heavy atom. The van der Waals surface area contributed by atoms with Crippen LogP contribution < -0.4 is 10.1 Å². The molecule has 114 valence electrons. The molecule has 0 spiro atoms. The average Bonchev–Trinajstić information content (AvgIpc) is 2.42. The van der Waals surface area contributed by atoms with E-state index in [4.69, 9.17) is 4.74 Å². The predicted molar refractivity (Wildman–Crippen MR) is 87.4 cm³/mol. The molecule has 0 amide bonds. The van der Waals surface area contributed by atoms with Crippen LogP contribution in [0.1, 0.15) is 71.9 Å². The molecule has 0 saturated heterocycles. The smallest absolute Gasteiger partial charge is 0.120 e. The molecule has 0 aliphatic heterocycles. The molecule has 1 rings (SSSR count). The number of hydrogen-bond donors (Lipinski definition) is 1. The lowest BCUT2D eigenvalue weighted by Gasteiger charge is -2.23. The molecule has 1 N–H and O–H groups in total. The van der Waals surface area contributed by atoms with Crippen molar-refractivity contribution in [2.24, 2.45) is 0 Å². The highest BCUT2D eigenvalue weighted by atomic mass is 16.5. The summed E-state index contributed by atoms with van der Waals surface area (Å²) in [5.74, 6) is 0.966. The third kappa shape index (κ3) is 5.96. The Morgan fingerprint density at radius 2 is 1.90 bits per heavy atom. The molecule has 0 fully saturated rings. The van der Waals surface area contributed by atoms with E-state index < -0.39 is 0 Å². The fourth-order valence-electron chi connectivity index (χ4n) is 2.43. The Labute approximate surface area is 124 Å². The molecule has 0 aliphatic carbocycles. The summed E-state index contributed by atoms with van der Waals surface area (Å²) in [6, 6.07) is 9.43. The van der Waals surface area contributed by atoms with Crippen LogP contribution in [0.2, 0.25) is 0 Å². The first kappa shape index (κ1) is 17.0. The second-order valence-corrected chi connectivity index (χ2v) is 5.87. The summed E-state index contributed by atoms with van der Waals surface area (Å²) < 4.78 is 5.77. The maximum atomic E-state index is 5.77. The molecule has 1 aromatic carbocycles. The van der Waals surface area contributed by atoms with E-state index in [-0.39, 0.29) is 6.10 Å². The Kier molecular flexibility index (Phi) is 7.68. The van der Waals surface area contributed by atoms with E-state index in [0.29, 0.717) is 12.1 Å². The van der Waals surface area contributed by atoms with Gasteiger partial charge in [0.1, 0.15) is 5.75 Å². The number of ether oxygens (including phenoxy) is 1. The Hall–Kier alpha value is -1.02. The lowest BCUT2D eigenvalue weighted by atomic mass is 10.0. The highest BCUT2D eigenvalue weighted by molar-refractivity contribution is 5.30. The zero-order valence-corrected chi connectivity index (χ0v) is 13.8. The van der Waals surface area contributed by atoms with E-state index >= 15 is 0 Å². The average molecular weight is 277 g/mol. The summed E-state index contributed by atoms with van der Waals surface area (Å²) >= 11 is 0. The number of hydrogen-bond acceptors (Lipinski definition) is 2. The van der Waals surface area contributed by atoms with Crippen molar-refractivity contribution < 1.29 is 4.74 Å². The second kappa shape index (κ2) is 9.02. The lowest BCUT2D eigenvalue weighted by Crippen LogP contribution is -2.31. The van der Waals surface area contributed by atoms with Gasteiger partial charge in [-0.2, -0.15) is 0 Å². The van der Waals surface area contributed by atoms with E-state index in [2.05, 4.69) is 58.1 Å².